The zero-order chi connectivity index (χ0) is 20.0. The number of benzene rings is 2. The summed E-state index contributed by atoms with van der Waals surface area (Å²) in [6.07, 6.45) is 1.60. The summed E-state index contributed by atoms with van der Waals surface area (Å²) in [5, 5.41) is 18.8. The first-order valence-electron chi connectivity index (χ1n) is 9.49. The molecule has 2 aromatic carbocycles. The highest BCUT2D eigenvalue weighted by Crippen LogP contribution is 2.29. The third kappa shape index (κ3) is 5.83. The summed E-state index contributed by atoms with van der Waals surface area (Å²) < 4.78 is 5.63. The number of aliphatic hydroxyl groups excluding tert-OH is 1. The van der Waals surface area contributed by atoms with Gasteiger partial charge in [0.2, 0.25) is 0 Å². The molecule has 0 amide bonds. The molecule has 146 valence electrons. The number of aromatic hydroxyl groups is 1. The molecular formula is C23H30O4. The van der Waals surface area contributed by atoms with Gasteiger partial charge < -0.3 is 14.9 Å². The van der Waals surface area contributed by atoms with E-state index in [4.69, 9.17) is 9.84 Å². The summed E-state index contributed by atoms with van der Waals surface area (Å²) in [5.74, 6) is 1.30. The van der Waals surface area contributed by atoms with Crippen molar-refractivity contribution in [2.24, 2.45) is 0 Å². The minimum absolute atomic E-state index is 0.00580. The lowest BCUT2D eigenvalue weighted by molar-refractivity contribution is -0.121. The van der Waals surface area contributed by atoms with Gasteiger partial charge in [0.05, 0.1) is 0 Å². The van der Waals surface area contributed by atoms with Crippen LogP contribution >= 0.6 is 0 Å². The molecule has 0 atom stereocenters. The molecule has 27 heavy (non-hydrogen) atoms. The van der Waals surface area contributed by atoms with E-state index in [-0.39, 0.29) is 24.9 Å². The first-order chi connectivity index (χ1) is 12.8. The van der Waals surface area contributed by atoms with Crippen LogP contribution in [0.15, 0.2) is 30.3 Å². The van der Waals surface area contributed by atoms with Gasteiger partial charge in [-0.2, -0.15) is 0 Å². The average Bonchev–Trinajstić information content (AvgIpc) is 2.62. The van der Waals surface area contributed by atoms with Crippen LogP contribution in [0.5, 0.6) is 11.5 Å². The minimum atomic E-state index is -0.00580. The fourth-order valence-corrected chi connectivity index (χ4v) is 3.21. The molecule has 0 saturated carbocycles. The molecule has 0 aliphatic carbocycles. The number of rotatable bonds is 9. The number of aryl methyl sites for hydroxylation is 2. The zero-order valence-corrected chi connectivity index (χ0v) is 16.7. The first-order valence-corrected chi connectivity index (χ1v) is 9.49. The lowest BCUT2D eigenvalue weighted by Crippen LogP contribution is -2.12. The summed E-state index contributed by atoms with van der Waals surface area (Å²) >= 11 is 0. The van der Waals surface area contributed by atoms with E-state index >= 15 is 0 Å². The largest absolute Gasteiger partial charge is 0.508 e. The average molecular weight is 370 g/mol. The Morgan fingerprint density at radius 2 is 1.78 bits per heavy atom. The summed E-state index contributed by atoms with van der Waals surface area (Å²) in [5.41, 5.74) is 5.59. The van der Waals surface area contributed by atoms with Crippen molar-refractivity contribution >= 4 is 5.78 Å². The van der Waals surface area contributed by atoms with Crippen molar-refractivity contribution in [1.82, 2.24) is 0 Å². The number of carbonyl (C=O) groups excluding carboxylic acids is 1. The van der Waals surface area contributed by atoms with Crippen LogP contribution in [0.2, 0.25) is 0 Å². The topological polar surface area (TPSA) is 66.8 Å². The van der Waals surface area contributed by atoms with Gasteiger partial charge in [0.25, 0.3) is 0 Å². The van der Waals surface area contributed by atoms with Crippen LogP contribution < -0.4 is 4.74 Å². The molecule has 0 unspecified atom stereocenters. The van der Waals surface area contributed by atoms with E-state index in [1.807, 2.05) is 32.0 Å². The Labute approximate surface area is 161 Å². The molecule has 0 radical (unpaired) electrons. The Hall–Kier alpha value is -2.33. The molecule has 4 heteroatoms. The van der Waals surface area contributed by atoms with Gasteiger partial charge in [0.15, 0.2) is 5.78 Å². The van der Waals surface area contributed by atoms with E-state index in [0.717, 1.165) is 28.7 Å². The van der Waals surface area contributed by atoms with Gasteiger partial charge in [-0.15, -0.1) is 0 Å². The molecule has 0 aliphatic rings. The summed E-state index contributed by atoms with van der Waals surface area (Å²) in [6.45, 7) is 8.30. The Bertz CT molecular complexity index is 770. The number of ether oxygens (including phenoxy) is 1. The second kappa shape index (κ2) is 9.56. The van der Waals surface area contributed by atoms with E-state index in [0.29, 0.717) is 24.3 Å². The van der Waals surface area contributed by atoms with Gasteiger partial charge in [0, 0.05) is 13.0 Å². The van der Waals surface area contributed by atoms with E-state index in [1.165, 1.54) is 5.56 Å². The van der Waals surface area contributed by atoms with E-state index < -0.39 is 0 Å². The molecule has 0 aromatic heterocycles. The summed E-state index contributed by atoms with van der Waals surface area (Å²) in [4.78, 5) is 11.7. The molecule has 0 aliphatic heterocycles. The molecular weight excluding hydrogens is 340 g/mol. The zero-order valence-electron chi connectivity index (χ0n) is 16.7. The third-order valence-electron chi connectivity index (χ3n) is 4.78. The van der Waals surface area contributed by atoms with Gasteiger partial charge in [-0.1, -0.05) is 26.0 Å². The van der Waals surface area contributed by atoms with Crippen molar-refractivity contribution in [1.29, 1.82) is 0 Å². The Morgan fingerprint density at radius 1 is 1.11 bits per heavy atom. The van der Waals surface area contributed by atoms with Crippen LogP contribution in [-0.2, 0) is 11.2 Å². The second-order valence-corrected chi connectivity index (χ2v) is 7.41. The standard InChI is InChI=1S/C23H30O4/c1-15(2)21-12-18(7-8-23(21)26)13-22-16(3)10-20(11-17(22)4)27-14-19(25)6-5-9-24/h7-8,10-12,15,24,26H,5-6,9,13-14H2,1-4H3. The molecule has 0 fully saturated rings. The molecule has 4 nitrogen and oxygen atoms in total. The predicted octanol–water partition coefficient (Wildman–Crippen LogP) is 4.44. The normalized spacial score (nSPS) is 11.0. The highest BCUT2D eigenvalue weighted by molar-refractivity contribution is 5.79. The Balaban J connectivity index is 2.13. The van der Waals surface area contributed by atoms with Crippen LogP contribution in [-0.4, -0.2) is 29.2 Å². The predicted molar refractivity (Wildman–Crippen MR) is 108 cm³/mol. The number of hydrogen-bond acceptors (Lipinski definition) is 4. The number of phenols is 1. The Morgan fingerprint density at radius 3 is 2.37 bits per heavy atom. The molecule has 2 N–H and O–H groups in total. The van der Waals surface area contributed by atoms with Crippen LogP contribution in [0.4, 0.5) is 0 Å². The highest BCUT2D eigenvalue weighted by atomic mass is 16.5. The molecule has 0 saturated heterocycles. The molecule has 2 rings (SSSR count). The fourth-order valence-electron chi connectivity index (χ4n) is 3.21. The second-order valence-electron chi connectivity index (χ2n) is 7.41. The van der Waals surface area contributed by atoms with Crippen LogP contribution in [0.1, 0.15) is 60.4 Å². The van der Waals surface area contributed by atoms with Crippen molar-refractivity contribution in [2.45, 2.75) is 52.9 Å². The van der Waals surface area contributed by atoms with Crippen LogP contribution in [0.25, 0.3) is 0 Å². The quantitative estimate of drug-likeness (QED) is 0.685. The van der Waals surface area contributed by atoms with Gasteiger partial charge in [-0.05, 0) is 78.6 Å². The lowest BCUT2D eigenvalue weighted by atomic mass is 9.93. The summed E-state index contributed by atoms with van der Waals surface area (Å²) in [7, 11) is 0. The number of Topliss-reactive ketones (excluding diaryl/α,β-unsaturated/α-hetero) is 1. The Kier molecular flexibility index (Phi) is 7.43. The first kappa shape index (κ1) is 21.0. The van der Waals surface area contributed by atoms with Gasteiger partial charge in [-0.3, -0.25) is 4.79 Å². The SMILES string of the molecule is Cc1cc(OCC(=O)CCCO)cc(C)c1Cc1ccc(O)c(C(C)C)c1. The number of hydrogen-bond donors (Lipinski definition) is 2. The fraction of sp³-hybridized carbons (Fsp3) is 0.435. The van der Waals surface area contributed by atoms with E-state index in [9.17, 15) is 9.90 Å². The molecule has 0 spiro atoms. The van der Waals surface area contributed by atoms with Crippen LogP contribution in [0, 0.1) is 13.8 Å². The van der Waals surface area contributed by atoms with Crippen molar-refractivity contribution in [3.63, 3.8) is 0 Å². The number of carbonyl (C=O) groups is 1. The van der Waals surface area contributed by atoms with Gasteiger partial charge in [0.1, 0.15) is 18.1 Å². The van der Waals surface area contributed by atoms with Gasteiger partial charge >= 0.3 is 0 Å². The van der Waals surface area contributed by atoms with Crippen molar-refractivity contribution in [2.75, 3.05) is 13.2 Å². The smallest absolute Gasteiger partial charge is 0.170 e. The van der Waals surface area contributed by atoms with Gasteiger partial charge in [-0.25, -0.2) is 0 Å². The monoisotopic (exact) mass is 370 g/mol. The molecule has 0 bridgehead atoms. The lowest BCUT2D eigenvalue weighted by Gasteiger charge is -2.15. The van der Waals surface area contributed by atoms with Crippen molar-refractivity contribution in [3.05, 3.63) is 58.1 Å². The van der Waals surface area contributed by atoms with E-state index in [2.05, 4.69) is 19.9 Å². The van der Waals surface area contributed by atoms with Crippen LogP contribution in [0.3, 0.4) is 0 Å². The third-order valence-corrected chi connectivity index (χ3v) is 4.78. The molecule has 2 aromatic rings. The highest BCUT2D eigenvalue weighted by Gasteiger charge is 2.11. The maximum absolute atomic E-state index is 11.7. The van der Waals surface area contributed by atoms with Crippen molar-refractivity contribution in [3.8, 4) is 11.5 Å². The maximum atomic E-state index is 11.7. The number of ketones is 1. The van der Waals surface area contributed by atoms with E-state index in [1.54, 1.807) is 6.07 Å². The number of aliphatic hydroxyl groups is 1. The van der Waals surface area contributed by atoms with Crippen molar-refractivity contribution < 1.29 is 19.7 Å². The number of phenolic OH excluding ortho intramolecular Hbond substituents is 1. The minimum Gasteiger partial charge on any atom is -0.508 e. The summed E-state index contributed by atoms with van der Waals surface area (Å²) in [6, 6.07) is 9.73. The molecule has 0 heterocycles. The maximum Gasteiger partial charge on any atom is 0.170 e.